The van der Waals surface area contributed by atoms with Crippen LogP contribution in [0.4, 0.5) is 5.69 Å². The summed E-state index contributed by atoms with van der Waals surface area (Å²) in [5, 5.41) is 0.534. The Bertz CT molecular complexity index is 1580. The van der Waals surface area contributed by atoms with Gasteiger partial charge < -0.3 is 0 Å². The first-order valence-corrected chi connectivity index (χ1v) is 11.8. The third kappa shape index (κ3) is 3.34. The molecule has 1 unspecified atom stereocenters. The maximum atomic E-state index is 13.5. The number of fused-ring (bicyclic) bond motifs is 4. The first-order valence-electron chi connectivity index (χ1n) is 10.9. The Morgan fingerprint density at radius 3 is 2.59 bits per heavy atom. The Kier molecular flexibility index (Phi) is 4.88. The fourth-order valence-corrected chi connectivity index (χ4v) is 5.17. The van der Waals surface area contributed by atoms with Gasteiger partial charge in [-0.25, -0.2) is 19.9 Å². The Labute approximate surface area is 199 Å². The van der Waals surface area contributed by atoms with Gasteiger partial charge in [0.05, 0.1) is 11.4 Å². The molecule has 0 spiro atoms. The molecule has 2 aromatic heterocycles. The minimum absolute atomic E-state index is 0.127. The molecule has 8 heteroatoms. The van der Waals surface area contributed by atoms with Gasteiger partial charge in [-0.1, -0.05) is 60.3 Å². The number of pyridine rings is 1. The van der Waals surface area contributed by atoms with Crippen molar-refractivity contribution in [2.45, 2.75) is 18.7 Å². The van der Waals surface area contributed by atoms with E-state index in [1.54, 1.807) is 9.30 Å². The molecular weight excluding hydrogens is 446 g/mol. The van der Waals surface area contributed by atoms with Gasteiger partial charge in [0.2, 0.25) is 0 Å². The molecule has 7 nitrogen and oxygen atoms in total. The van der Waals surface area contributed by atoms with Crippen LogP contribution >= 0.6 is 11.8 Å². The summed E-state index contributed by atoms with van der Waals surface area (Å²) in [4.78, 5) is 42.0. The van der Waals surface area contributed by atoms with E-state index in [1.165, 1.54) is 17.8 Å². The number of rotatable bonds is 3. The molecule has 0 bridgehead atoms. The van der Waals surface area contributed by atoms with Crippen molar-refractivity contribution in [2.75, 3.05) is 0 Å². The first-order chi connectivity index (χ1) is 16.6. The number of para-hydroxylation sites is 1. The van der Waals surface area contributed by atoms with E-state index in [4.69, 9.17) is 9.98 Å². The van der Waals surface area contributed by atoms with Crippen LogP contribution in [0.2, 0.25) is 0 Å². The van der Waals surface area contributed by atoms with Crippen molar-refractivity contribution in [1.82, 2.24) is 14.3 Å². The van der Waals surface area contributed by atoms with Crippen molar-refractivity contribution in [3.8, 4) is 0 Å². The summed E-state index contributed by atoms with van der Waals surface area (Å²) in [6.45, 7) is 1.88. The number of aryl methyl sites for hydroxylation is 1. The quantitative estimate of drug-likeness (QED) is 0.453. The summed E-state index contributed by atoms with van der Waals surface area (Å²) >= 11 is 1.38. The fraction of sp³-hybridized carbons (Fsp3) is 0.115. The van der Waals surface area contributed by atoms with Crippen LogP contribution in [-0.4, -0.2) is 31.2 Å². The lowest BCUT2D eigenvalue weighted by Gasteiger charge is -2.25. The Hall–Kier alpha value is -4.04. The molecule has 6 rings (SSSR count). The predicted molar refractivity (Wildman–Crippen MR) is 134 cm³/mol. The molecule has 166 valence electrons. The summed E-state index contributed by atoms with van der Waals surface area (Å²) in [5.74, 6) is 0.867. The van der Waals surface area contributed by atoms with Crippen molar-refractivity contribution >= 4 is 40.0 Å². The number of carbonyl (C=O) groups excluding carboxylic acids is 1. The van der Waals surface area contributed by atoms with Crippen LogP contribution < -0.4 is 5.56 Å². The Morgan fingerprint density at radius 2 is 1.74 bits per heavy atom. The number of nitrogens with zero attached hydrogens (tertiary/aromatic N) is 5. The molecule has 2 aliphatic heterocycles. The zero-order chi connectivity index (χ0) is 23.2. The van der Waals surface area contributed by atoms with Gasteiger partial charge in [-0.05, 0) is 36.8 Å². The SMILES string of the molecule is Cc1cccc2nc(CSC3=Nc4ccccc4C4=NC(c5ccccc5)C(=O)N34)cc(=O)n12. The Morgan fingerprint density at radius 1 is 0.941 bits per heavy atom. The molecule has 1 atom stereocenters. The second-order valence-electron chi connectivity index (χ2n) is 8.09. The van der Waals surface area contributed by atoms with Gasteiger partial charge in [0, 0.05) is 23.1 Å². The third-order valence-electron chi connectivity index (χ3n) is 5.87. The number of benzene rings is 2. The number of thioether (sulfide) groups is 1. The molecule has 0 fully saturated rings. The largest absolute Gasteiger partial charge is 0.271 e. The van der Waals surface area contributed by atoms with Gasteiger partial charge in [0.1, 0.15) is 11.5 Å². The lowest BCUT2D eigenvalue weighted by Crippen LogP contribution is -2.39. The van der Waals surface area contributed by atoms with Gasteiger partial charge in [0.25, 0.3) is 11.5 Å². The normalized spacial score (nSPS) is 16.8. The van der Waals surface area contributed by atoms with Gasteiger partial charge in [-0.2, -0.15) is 0 Å². The number of hydrogen-bond acceptors (Lipinski definition) is 6. The van der Waals surface area contributed by atoms with Crippen molar-refractivity contribution in [2.24, 2.45) is 9.98 Å². The lowest BCUT2D eigenvalue weighted by molar-refractivity contribution is -0.124. The average Bonchev–Trinajstić information content (AvgIpc) is 3.20. The molecule has 0 radical (unpaired) electrons. The molecule has 4 aromatic rings. The van der Waals surface area contributed by atoms with Crippen molar-refractivity contribution in [1.29, 1.82) is 0 Å². The topological polar surface area (TPSA) is 79.4 Å². The molecular formula is C26H19N5O2S. The number of carbonyl (C=O) groups is 1. The zero-order valence-corrected chi connectivity index (χ0v) is 19.1. The number of amidine groups is 2. The van der Waals surface area contributed by atoms with E-state index < -0.39 is 6.04 Å². The predicted octanol–water partition coefficient (Wildman–Crippen LogP) is 4.27. The smallest absolute Gasteiger partial charge is 0.263 e. The molecule has 0 saturated carbocycles. The number of hydrogen-bond donors (Lipinski definition) is 0. The number of aliphatic imine (C=N–C) groups is 2. The molecule has 0 saturated heterocycles. The molecule has 1 amide bonds. The van der Waals surface area contributed by atoms with Crippen LogP contribution in [0.15, 0.2) is 93.6 Å². The molecule has 0 aliphatic carbocycles. The monoisotopic (exact) mass is 465 g/mol. The maximum Gasteiger partial charge on any atom is 0.263 e. The zero-order valence-electron chi connectivity index (χ0n) is 18.3. The second kappa shape index (κ2) is 8.07. The van der Waals surface area contributed by atoms with E-state index in [-0.39, 0.29) is 11.5 Å². The molecule has 2 aromatic carbocycles. The highest BCUT2D eigenvalue weighted by atomic mass is 32.2. The highest BCUT2D eigenvalue weighted by molar-refractivity contribution is 8.13. The summed E-state index contributed by atoms with van der Waals surface area (Å²) in [5.41, 5.74) is 4.38. The Balaban J connectivity index is 1.36. The van der Waals surface area contributed by atoms with Crippen LogP contribution in [0, 0.1) is 6.92 Å². The van der Waals surface area contributed by atoms with E-state index in [9.17, 15) is 9.59 Å². The second-order valence-corrected chi connectivity index (χ2v) is 9.03. The van der Waals surface area contributed by atoms with E-state index >= 15 is 0 Å². The van der Waals surface area contributed by atoms with Crippen LogP contribution in [0.1, 0.15) is 28.6 Å². The fourth-order valence-electron chi connectivity index (χ4n) is 4.28. The standard InChI is InChI=1S/C26H19N5O2S/c1-16-8-7-13-21-27-18(14-22(32)30(16)21)15-34-26-28-20-12-6-5-11-19(20)24-29-23(25(33)31(24)26)17-9-3-2-4-10-17/h2-14,23H,15H2,1H3. The van der Waals surface area contributed by atoms with Crippen molar-refractivity contribution in [3.63, 3.8) is 0 Å². The molecule has 0 N–H and O–H groups in total. The number of amides is 1. The van der Waals surface area contributed by atoms with Crippen molar-refractivity contribution in [3.05, 3.63) is 112 Å². The first kappa shape index (κ1) is 20.6. The molecule has 34 heavy (non-hydrogen) atoms. The highest BCUT2D eigenvalue weighted by Gasteiger charge is 2.41. The summed E-state index contributed by atoms with van der Waals surface area (Å²) in [7, 11) is 0. The van der Waals surface area contributed by atoms with Crippen LogP contribution in [0.5, 0.6) is 0 Å². The lowest BCUT2D eigenvalue weighted by atomic mass is 10.1. The van der Waals surface area contributed by atoms with Crippen molar-refractivity contribution < 1.29 is 4.79 Å². The van der Waals surface area contributed by atoms with E-state index in [0.717, 1.165) is 22.5 Å². The summed E-state index contributed by atoms with van der Waals surface area (Å²) in [6.07, 6.45) is 0. The van der Waals surface area contributed by atoms with Crippen LogP contribution in [-0.2, 0) is 10.5 Å². The summed E-state index contributed by atoms with van der Waals surface area (Å²) in [6, 6.07) is 23.7. The van der Waals surface area contributed by atoms with Gasteiger partial charge in [-0.15, -0.1) is 0 Å². The highest BCUT2D eigenvalue weighted by Crippen LogP contribution is 2.38. The van der Waals surface area contributed by atoms with Crippen LogP contribution in [0.3, 0.4) is 0 Å². The molecule has 2 aliphatic rings. The number of aromatic nitrogens is 2. The van der Waals surface area contributed by atoms with Gasteiger partial charge >= 0.3 is 0 Å². The molecule has 4 heterocycles. The third-order valence-corrected chi connectivity index (χ3v) is 6.84. The average molecular weight is 466 g/mol. The van der Waals surface area contributed by atoms with E-state index in [0.29, 0.717) is 28.1 Å². The van der Waals surface area contributed by atoms with E-state index in [2.05, 4.69) is 4.98 Å². The summed E-state index contributed by atoms with van der Waals surface area (Å²) < 4.78 is 1.59. The van der Waals surface area contributed by atoms with Gasteiger partial charge in [0.15, 0.2) is 11.2 Å². The van der Waals surface area contributed by atoms with E-state index in [1.807, 2.05) is 79.7 Å². The van der Waals surface area contributed by atoms with Gasteiger partial charge in [-0.3, -0.25) is 14.0 Å². The minimum atomic E-state index is -0.612. The van der Waals surface area contributed by atoms with Crippen LogP contribution in [0.25, 0.3) is 5.65 Å². The minimum Gasteiger partial charge on any atom is -0.271 e. The maximum absolute atomic E-state index is 13.5.